The van der Waals surface area contributed by atoms with Gasteiger partial charge in [0.25, 0.3) is 0 Å². The van der Waals surface area contributed by atoms with Gasteiger partial charge in [0, 0.05) is 17.7 Å². The van der Waals surface area contributed by atoms with Crippen LogP contribution in [0, 0.1) is 0 Å². The number of amides is 2. The number of nitrogens with one attached hydrogen (secondary N) is 1. The third-order valence-corrected chi connectivity index (χ3v) is 7.54. The molecule has 34 heavy (non-hydrogen) atoms. The number of carboxylic acid groups (broad SMARTS) is 1. The molecule has 0 saturated carbocycles. The van der Waals surface area contributed by atoms with Crippen LogP contribution in [-0.4, -0.2) is 61.2 Å². The Morgan fingerprint density at radius 3 is 1.88 bits per heavy atom. The van der Waals surface area contributed by atoms with Crippen molar-refractivity contribution < 1.29 is 29.1 Å². The monoisotopic (exact) mass is 500 g/mol. The quantitative estimate of drug-likeness (QED) is 0.531. The molecule has 2 aromatic rings. The molecule has 1 aliphatic heterocycles. The summed E-state index contributed by atoms with van der Waals surface area (Å²) in [6, 6.07) is 14.8. The summed E-state index contributed by atoms with van der Waals surface area (Å²) in [4.78, 5) is 64.0. The summed E-state index contributed by atoms with van der Waals surface area (Å²) >= 11 is 1.38. The molecule has 2 unspecified atom stereocenters. The number of rotatable bonds is 8. The van der Waals surface area contributed by atoms with E-state index in [-0.39, 0.29) is 0 Å². The Bertz CT molecular complexity index is 1010. The SMILES string of the molecule is CC(NC(=O)C(SC(=O)c1ccccc1)SC(=O)c1ccccc1)C(=O)N1CCCC1C(=O)O. The van der Waals surface area contributed by atoms with Gasteiger partial charge in [0.1, 0.15) is 16.7 Å². The molecule has 0 aromatic heterocycles. The van der Waals surface area contributed by atoms with Gasteiger partial charge in [0.05, 0.1) is 0 Å². The number of likely N-dealkylation sites (tertiary alicyclic amines) is 1. The van der Waals surface area contributed by atoms with Crippen molar-refractivity contribution in [2.45, 2.75) is 36.4 Å². The van der Waals surface area contributed by atoms with Gasteiger partial charge in [-0.05, 0) is 19.8 Å². The summed E-state index contributed by atoms with van der Waals surface area (Å²) < 4.78 is -1.15. The van der Waals surface area contributed by atoms with Crippen molar-refractivity contribution in [2.24, 2.45) is 0 Å². The largest absolute Gasteiger partial charge is 0.480 e. The molecule has 2 atom stereocenters. The van der Waals surface area contributed by atoms with Crippen LogP contribution < -0.4 is 5.32 Å². The number of aliphatic carboxylic acids is 1. The van der Waals surface area contributed by atoms with E-state index in [1.165, 1.54) is 11.8 Å². The molecule has 1 heterocycles. The minimum Gasteiger partial charge on any atom is -0.480 e. The predicted molar refractivity (Wildman–Crippen MR) is 130 cm³/mol. The van der Waals surface area contributed by atoms with Gasteiger partial charge in [-0.1, -0.05) is 84.2 Å². The van der Waals surface area contributed by atoms with Gasteiger partial charge in [-0.15, -0.1) is 0 Å². The Morgan fingerprint density at radius 2 is 1.41 bits per heavy atom. The van der Waals surface area contributed by atoms with E-state index in [1.54, 1.807) is 60.7 Å². The summed E-state index contributed by atoms with van der Waals surface area (Å²) in [5, 5.41) is 11.1. The number of thioether (sulfide) groups is 2. The average molecular weight is 501 g/mol. The van der Waals surface area contributed by atoms with Crippen molar-refractivity contribution in [3.05, 3.63) is 71.8 Å². The number of hydrogen-bond acceptors (Lipinski definition) is 7. The van der Waals surface area contributed by atoms with Crippen LogP contribution in [0.15, 0.2) is 60.7 Å². The summed E-state index contributed by atoms with van der Waals surface area (Å²) in [5.41, 5.74) is 0.757. The van der Waals surface area contributed by atoms with E-state index in [0.29, 0.717) is 54.0 Å². The Morgan fingerprint density at radius 1 is 0.912 bits per heavy atom. The zero-order chi connectivity index (χ0) is 24.7. The van der Waals surface area contributed by atoms with Gasteiger partial charge in [0.2, 0.25) is 22.0 Å². The third kappa shape index (κ3) is 6.48. The molecular weight excluding hydrogens is 476 g/mol. The molecule has 0 spiro atoms. The van der Waals surface area contributed by atoms with Crippen molar-refractivity contribution in [1.82, 2.24) is 10.2 Å². The smallest absolute Gasteiger partial charge is 0.326 e. The second-order valence-electron chi connectivity index (χ2n) is 7.63. The maximum atomic E-state index is 13.1. The lowest BCUT2D eigenvalue weighted by molar-refractivity contribution is -0.149. The predicted octanol–water partition coefficient (Wildman–Crippen LogP) is 3.04. The van der Waals surface area contributed by atoms with Crippen molar-refractivity contribution in [2.75, 3.05) is 6.54 Å². The molecular formula is C24H24N2O6S2. The Kier molecular flexibility index (Phi) is 8.89. The molecule has 2 amide bonds. The van der Waals surface area contributed by atoms with Crippen LogP contribution in [0.4, 0.5) is 0 Å². The molecule has 2 aromatic carbocycles. The summed E-state index contributed by atoms with van der Waals surface area (Å²) in [5.74, 6) is -2.28. The number of hydrogen-bond donors (Lipinski definition) is 2. The molecule has 178 valence electrons. The Hall–Kier alpha value is -3.11. The van der Waals surface area contributed by atoms with E-state index < -0.39 is 44.7 Å². The topological polar surface area (TPSA) is 121 Å². The maximum Gasteiger partial charge on any atom is 0.326 e. The molecule has 0 aliphatic carbocycles. The molecule has 0 bridgehead atoms. The molecule has 1 aliphatic rings. The van der Waals surface area contributed by atoms with E-state index in [1.807, 2.05) is 0 Å². The van der Waals surface area contributed by atoms with E-state index in [9.17, 15) is 29.1 Å². The van der Waals surface area contributed by atoms with Gasteiger partial charge < -0.3 is 15.3 Å². The first-order valence-electron chi connectivity index (χ1n) is 10.6. The minimum atomic E-state index is -1.15. The first-order valence-corrected chi connectivity index (χ1v) is 12.4. The molecule has 2 N–H and O–H groups in total. The van der Waals surface area contributed by atoms with Crippen molar-refractivity contribution in [1.29, 1.82) is 0 Å². The first kappa shape index (κ1) is 25.5. The average Bonchev–Trinajstić information content (AvgIpc) is 3.34. The van der Waals surface area contributed by atoms with E-state index in [0.717, 1.165) is 0 Å². The van der Waals surface area contributed by atoms with Crippen LogP contribution in [-0.2, 0) is 14.4 Å². The molecule has 8 nitrogen and oxygen atoms in total. The van der Waals surface area contributed by atoms with Crippen molar-refractivity contribution >= 4 is 51.5 Å². The highest BCUT2D eigenvalue weighted by atomic mass is 32.2. The highest BCUT2D eigenvalue weighted by molar-refractivity contribution is 8.31. The highest BCUT2D eigenvalue weighted by Crippen LogP contribution is 2.30. The van der Waals surface area contributed by atoms with Gasteiger partial charge in [-0.2, -0.15) is 0 Å². The minimum absolute atomic E-state index is 0.294. The van der Waals surface area contributed by atoms with Crippen molar-refractivity contribution in [3.63, 3.8) is 0 Å². The molecule has 0 radical (unpaired) electrons. The highest BCUT2D eigenvalue weighted by Gasteiger charge is 2.37. The molecule has 1 saturated heterocycles. The summed E-state index contributed by atoms with van der Waals surface area (Å²) in [6.07, 6.45) is 0.919. The van der Waals surface area contributed by atoms with Crippen LogP contribution in [0.2, 0.25) is 0 Å². The summed E-state index contributed by atoms with van der Waals surface area (Å²) in [7, 11) is 0. The van der Waals surface area contributed by atoms with Gasteiger partial charge in [-0.25, -0.2) is 4.79 Å². The van der Waals surface area contributed by atoms with Crippen LogP contribution in [0.25, 0.3) is 0 Å². The van der Waals surface area contributed by atoms with Gasteiger partial charge in [0.15, 0.2) is 0 Å². The molecule has 1 fully saturated rings. The van der Waals surface area contributed by atoms with E-state index in [4.69, 9.17) is 0 Å². The number of nitrogens with zero attached hydrogens (tertiary/aromatic N) is 1. The van der Waals surface area contributed by atoms with Crippen LogP contribution in [0.5, 0.6) is 0 Å². The number of benzene rings is 2. The van der Waals surface area contributed by atoms with Crippen LogP contribution >= 0.6 is 23.5 Å². The fraction of sp³-hybridized carbons (Fsp3) is 0.292. The second kappa shape index (κ2) is 11.8. The number of carbonyl (C=O) groups excluding carboxylic acids is 4. The first-order chi connectivity index (χ1) is 16.3. The fourth-order valence-electron chi connectivity index (χ4n) is 3.49. The summed E-state index contributed by atoms with van der Waals surface area (Å²) in [6.45, 7) is 1.75. The van der Waals surface area contributed by atoms with E-state index in [2.05, 4.69) is 5.32 Å². The lowest BCUT2D eigenvalue weighted by Crippen LogP contribution is -2.51. The number of carbonyl (C=O) groups is 5. The van der Waals surface area contributed by atoms with Crippen LogP contribution in [0.1, 0.15) is 40.5 Å². The Balaban J connectivity index is 1.73. The maximum absolute atomic E-state index is 13.1. The zero-order valence-electron chi connectivity index (χ0n) is 18.4. The standard InChI is InChI=1S/C24H24N2O6S2/c1-15(20(28)26-14-8-13-18(26)21(29)30)25-19(27)24(33-22(31)16-9-4-2-5-10-16)34-23(32)17-11-6-3-7-12-17/h2-7,9-12,15,18,24H,8,13-14H2,1H3,(H,25,27)(H,29,30). The number of carboxylic acids is 1. The second-order valence-corrected chi connectivity index (χ2v) is 10.1. The molecule has 10 heteroatoms. The zero-order valence-corrected chi connectivity index (χ0v) is 20.0. The lowest BCUT2D eigenvalue weighted by Gasteiger charge is -2.26. The van der Waals surface area contributed by atoms with Crippen LogP contribution in [0.3, 0.4) is 0 Å². The van der Waals surface area contributed by atoms with Gasteiger partial charge >= 0.3 is 5.97 Å². The van der Waals surface area contributed by atoms with Gasteiger partial charge in [-0.3, -0.25) is 19.2 Å². The third-order valence-electron chi connectivity index (χ3n) is 5.21. The molecule has 3 rings (SSSR count). The van der Waals surface area contributed by atoms with Crippen molar-refractivity contribution in [3.8, 4) is 0 Å². The normalized spacial score (nSPS) is 16.2. The van der Waals surface area contributed by atoms with E-state index >= 15 is 0 Å². The lowest BCUT2D eigenvalue weighted by atomic mass is 10.2. The fourth-order valence-corrected chi connectivity index (χ4v) is 5.49. The Labute approximate surface area is 205 Å².